The highest BCUT2D eigenvalue weighted by Crippen LogP contribution is 2.35. The molecule has 1 aliphatic rings. The maximum atomic E-state index is 11.2. The fourth-order valence-electron chi connectivity index (χ4n) is 2.50. The van der Waals surface area contributed by atoms with E-state index in [-0.39, 0.29) is 17.3 Å². The lowest BCUT2D eigenvalue weighted by atomic mass is 10.2. The summed E-state index contributed by atoms with van der Waals surface area (Å²) in [7, 11) is 0. The van der Waals surface area contributed by atoms with E-state index in [0.29, 0.717) is 31.9 Å². The molecule has 2 rings (SSSR count). The molecule has 114 valence electrons. The van der Waals surface area contributed by atoms with E-state index >= 15 is 0 Å². The highest BCUT2D eigenvalue weighted by atomic mass is 35.5. The van der Waals surface area contributed by atoms with Crippen LogP contribution in [0.5, 0.6) is 0 Å². The summed E-state index contributed by atoms with van der Waals surface area (Å²) in [6.07, 6.45) is 0.747. The van der Waals surface area contributed by atoms with Gasteiger partial charge in [-0.3, -0.25) is 19.8 Å². The van der Waals surface area contributed by atoms with Crippen LogP contribution in [0.25, 0.3) is 0 Å². The number of para-hydroxylation sites is 1. The Labute approximate surface area is 126 Å². The molecule has 0 aliphatic carbocycles. The van der Waals surface area contributed by atoms with Crippen molar-refractivity contribution >= 4 is 28.9 Å². The molecule has 1 fully saturated rings. The van der Waals surface area contributed by atoms with Crippen LogP contribution in [0.3, 0.4) is 0 Å². The molecule has 1 N–H and O–H groups in total. The lowest BCUT2D eigenvalue weighted by molar-refractivity contribution is -0.384. The van der Waals surface area contributed by atoms with Crippen molar-refractivity contribution in [1.29, 1.82) is 0 Å². The van der Waals surface area contributed by atoms with E-state index in [1.807, 2.05) is 9.80 Å². The summed E-state index contributed by atoms with van der Waals surface area (Å²) in [5, 5.41) is 20.1. The number of hydrogen-bond donors (Lipinski definition) is 1. The molecule has 8 heteroatoms. The summed E-state index contributed by atoms with van der Waals surface area (Å²) in [5.41, 5.74) is 0.399. The van der Waals surface area contributed by atoms with Gasteiger partial charge in [-0.25, -0.2) is 0 Å². The molecule has 0 spiro atoms. The van der Waals surface area contributed by atoms with Crippen LogP contribution in [0.2, 0.25) is 5.02 Å². The third-order valence-corrected chi connectivity index (χ3v) is 3.74. The van der Waals surface area contributed by atoms with Crippen LogP contribution in [0, 0.1) is 10.1 Å². The summed E-state index contributed by atoms with van der Waals surface area (Å²) in [6.45, 7) is 2.38. The van der Waals surface area contributed by atoms with Crippen LogP contribution in [-0.4, -0.2) is 53.6 Å². The van der Waals surface area contributed by atoms with Gasteiger partial charge in [0.25, 0.3) is 0 Å². The van der Waals surface area contributed by atoms with Crippen LogP contribution in [-0.2, 0) is 4.79 Å². The highest BCUT2D eigenvalue weighted by Gasteiger charge is 2.25. The van der Waals surface area contributed by atoms with Crippen LogP contribution in [0.4, 0.5) is 11.4 Å². The molecule has 1 aromatic carbocycles. The molecule has 0 atom stereocenters. The predicted molar refractivity (Wildman–Crippen MR) is 79.0 cm³/mol. The monoisotopic (exact) mass is 313 g/mol. The normalized spacial score (nSPS) is 16.5. The number of aliphatic carboxylic acids is 1. The number of nitrogens with zero attached hydrogens (tertiary/aromatic N) is 3. The smallest absolute Gasteiger partial charge is 0.317 e. The number of halogens is 1. The van der Waals surface area contributed by atoms with Crippen molar-refractivity contribution in [2.75, 3.05) is 37.6 Å². The van der Waals surface area contributed by atoms with Gasteiger partial charge in [0, 0.05) is 26.2 Å². The largest absolute Gasteiger partial charge is 0.480 e. The molecule has 1 saturated heterocycles. The van der Waals surface area contributed by atoms with Crippen molar-refractivity contribution in [2.24, 2.45) is 0 Å². The van der Waals surface area contributed by atoms with Crippen LogP contribution >= 0.6 is 11.6 Å². The Bertz CT molecular complexity index is 552. The quantitative estimate of drug-likeness (QED) is 0.674. The standard InChI is InChI=1S/C13H16ClN3O4/c14-10-3-1-4-11(13(10)17(20)21)16-6-2-5-15(7-8-16)9-12(18)19/h1,3-4H,2,5-9H2,(H,18,19). The Balaban J connectivity index is 2.18. The number of rotatable bonds is 4. The van der Waals surface area contributed by atoms with Crippen molar-refractivity contribution < 1.29 is 14.8 Å². The van der Waals surface area contributed by atoms with E-state index in [1.165, 1.54) is 6.07 Å². The first-order valence-corrected chi connectivity index (χ1v) is 6.99. The zero-order valence-electron chi connectivity index (χ0n) is 11.4. The minimum atomic E-state index is -0.864. The molecule has 0 radical (unpaired) electrons. The number of nitro benzene ring substituents is 1. The first kappa shape index (κ1) is 15.5. The Hall–Kier alpha value is -1.86. The minimum Gasteiger partial charge on any atom is -0.480 e. The molecule has 1 heterocycles. The fourth-order valence-corrected chi connectivity index (χ4v) is 2.74. The highest BCUT2D eigenvalue weighted by molar-refractivity contribution is 6.33. The Kier molecular flexibility index (Phi) is 4.98. The molecular formula is C13H16ClN3O4. The van der Waals surface area contributed by atoms with E-state index in [2.05, 4.69) is 0 Å². The number of carboxylic acids is 1. The van der Waals surface area contributed by atoms with Gasteiger partial charge in [0.2, 0.25) is 0 Å². The zero-order valence-corrected chi connectivity index (χ0v) is 12.1. The number of anilines is 1. The van der Waals surface area contributed by atoms with E-state index in [1.54, 1.807) is 12.1 Å². The average Bonchev–Trinajstić information content (AvgIpc) is 2.63. The number of carbonyl (C=O) groups is 1. The van der Waals surface area contributed by atoms with Gasteiger partial charge in [0.1, 0.15) is 10.7 Å². The molecule has 7 nitrogen and oxygen atoms in total. The molecule has 0 aromatic heterocycles. The van der Waals surface area contributed by atoms with Gasteiger partial charge in [-0.05, 0) is 18.6 Å². The van der Waals surface area contributed by atoms with E-state index in [0.717, 1.165) is 6.42 Å². The molecule has 0 bridgehead atoms. The van der Waals surface area contributed by atoms with Crippen LogP contribution in [0.15, 0.2) is 18.2 Å². The first-order valence-electron chi connectivity index (χ1n) is 6.61. The molecule has 1 aromatic rings. The summed E-state index contributed by atoms with van der Waals surface area (Å²) in [5.74, 6) is -0.864. The molecule has 21 heavy (non-hydrogen) atoms. The molecule has 0 amide bonds. The predicted octanol–water partition coefficient (Wildman–Crippen LogP) is 1.84. The third kappa shape index (κ3) is 3.83. The van der Waals surface area contributed by atoms with Crippen molar-refractivity contribution in [3.05, 3.63) is 33.3 Å². The molecule has 0 saturated carbocycles. The van der Waals surface area contributed by atoms with Crippen molar-refractivity contribution in [1.82, 2.24) is 4.90 Å². The average molecular weight is 314 g/mol. The molecule has 1 aliphatic heterocycles. The van der Waals surface area contributed by atoms with Gasteiger partial charge < -0.3 is 10.0 Å². The van der Waals surface area contributed by atoms with Crippen LogP contribution < -0.4 is 4.90 Å². The van der Waals surface area contributed by atoms with Gasteiger partial charge in [-0.15, -0.1) is 0 Å². The number of benzene rings is 1. The van der Waals surface area contributed by atoms with Gasteiger partial charge in [0.05, 0.1) is 11.5 Å². The molecule has 0 unspecified atom stereocenters. The first-order chi connectivity index (χ1) is 9.99. The fraction of sp³-hybridized carbons (Fsp3) is 0.462. The summed E-state index contributed by atoms with van der Waals surface area (Å²) >= 11 is 5.93. The summed E-state index contributed by atoms with van der Waals surface area (Å²) < 4.78 is 0. The maximum Gasteiger partial charge on any atom is 0.317 e. The number of hydrogen-bond acceptors (Lipinski definition) is 5. The second-order valence-electron chi connectivity index (χ2n) is 4.88. The second-order valence-corrected chi connectivity index (χ2v) is 5.28. The number of carboxylic acid groups (broad SMARTS) is 1. The van der Waals surface area contributed by atoms with Crippen molar-refractivity contribution in [3.63, 3.8) is 0 Å². The van der Waals surface area contributed by atoms with Gasteiger partial charge >= 0.3 is 11.7 Å². The topological polar surface area (TPSA) is 86.9 Å². The Morgan fingerprint density at radius 2 is 2.10 bits per heavy atom. The van der Waals surface area contributed by atoms with Gasteiger partial charge in [-0.2, -0.15) is 0 Å². The third-order valence-electron chi connectivity index (χ3n) is 3.44. The van der Waals surface area contributed by atoms with E-state index in [4.69, 9.17) is 16.7 Å². The summed E-state index contributed by atoms with van der Waals surface area (Å²) in [4.78, 5) is 25.2. The van der Waals surface area contributed by atoms with E-state index < -0.39 is 10.9 Å². The Morgan fingerprint density at radius 3 is 2.76 bits per heavy atom. The lowest BCUT2D eigenvalue weighted by Crippen LogP contribution is -2.34. The minimum absolute atomic E-state index is 0.00845. The van der Waals surface area contributed by atoms with Gasteiger partial charge in [0.15, 0.2) is 0 Å². The summed E-state index contributed by atoms with van der Waals surface area (Å²) in [6, 6.07) is 4.86. The van der Waals surface area contributed by atoms with Crippen molar-refractivity contribution in [3.8, 4) is 0 Å². The van der Waals surface area contributed by atoms with E-state index in [9.17, 15) is 14.9 Å². The SMILES string of the molecule is O=C(O)CN1CCCN(c2cccc(Cl)c2[N+](=O)[O-])CC1. The Morgan fingerprint density at radius 1 is 1.33 bits per heavy atom. The van der Waals surface area contributed by atoms with Crippen LogP contribution in [0.1, 0.15) is 6.42 Å². The van der Waals surface area contributed by atoms with Crippen molar-refractivity contribution in [2.45, 2.75) is 6.42 Å². The lowest BCUT2D eigenvalue weighted by Gasteiger charge is -2.23. The van der Waals surface area contributed by atoms with Gasteiger partial charge in [-0.1, -0.05) is 17.7 Å². The molecular weight excluding hydrogens is 298 g/mol. The zero-order chi connectivity index (χ0) is 15.4. The second kappa shape index (κ2) is 6.73. The maximum absolute atomic E-state index is 11.2. The number of nitro groups is 1.